The Morgan fingerprint density at radius 3 is 2.58 bits per heavy atom. The molecular weight excluding hydrogens is 352 g/mol. The second kappa shape index (κ2) is 6.96. The normalized spacial score (nSPS) is 25.0. The molecule has 2 aliphatic carbocycles. The summed E-state index contributed by atoms with van der Waals surface area (Å²) in [5, 5.41) is 3.76. The van der Waals surface area contributed by atoms with Gasteiger partial charge in [-0.15, -0.1) is 0 Å². The molecule has 2 heterocycles. The first-order chi connectivity index (χ1) is 12.5. The largest absolute Gasteiger partial charge is 0.337 e. The minimum atomic E-state index is -3.39. The van der Waals surface area contributed by atoms with Crippen molar-refractivity contribution in [3.05, 3.63) is 17.5 Å². The molecule has 4 rings (SSSR count). The molecule has 0 aromatic carbocycles. The van der Waals surface area contributed by atoms with Crippen molar-refractivity contribution < 1.29 is 13.2 Å². The van der Waals surface area contributed by atoms with E-state index in [1.807, 2.05) is 7.05 Å². The Hall–Kier alpha value is -1.41. The van der Waals surface area contributed by atoms with Crippen LogP contribution in [-0.4, -0.2) is 53.4 Å². The molecule has 1 N–H and O–H groups in total. The first kappa shape index (κ1) is 18.0. The van der Waals surface area contributed by atoms with Gasteiger partial charge in [0.25, 0.3) is 5.91 Å². The Morgan fingerprint density at radius 1 is 1.15 bits per heavy atom. The molecule has 3 fully saturated rings. The number of likely N-dealkylation sites (tertiary alicyclic amines) is 1. The number of rotatable bonds is 5. The Morgan fingerprint density at radius 2 is 1.88 bits per heavy atom. The van der Waals surface area contributed by atoms with Crippen LogP contribution < -0.4 is 4.72 Å². The van der Waals surface area contributed by atoms with E-state index in [0.717, 1.165) is 50.6 Å². The highest BCUT2D eigenvalue weighted by molar-refractivity contribution is 7.90. The van der Waals surface area contributed by atoms with Crippen molar-refractivity contribution >= 4 is 15.9 Å². The summed E-state index contributed by atoms with van der Waals surface area (Å²) in [6.45, 7) is 0.896. The summed E-state index contributed by atoms with van der Waals surface area (Å²) in [4.78, 5) is 14.8. The zero-order valence-electron chi connectivity index (χ0n) is 15.4. The van der Waals surface area contributed by atoms with Crippen LogP contribution in [0, 0.1) is 0 Å². The number of aryl methyl sites for hydroxylation is 1. The Balaban J connectivity index is 1.47. The number of aromatic nitrogens is 2. The van der Waals surface area contributed by atoms with E-state index in [0.29, 0.717) is 24.4 Å². The number of hydrogen-bond acceptors (Lipinski definition) is 4. The zero-order valence-corrected chi connectivity index (χ0v) is 16.2. The van der Waals surface area contributed by atoms with Crippen molar-refractivity contribution in [3.63, 3.8) is 0 Å². The smallest absolute Gasteiger partial charge is 0.257 e. The van der Waals surface area contributed by atoms with E-state index in [9.17, 15) is 13.2 Å². The fraction of sp³-hybridized carbons (Fsp3) is 0.778. The molecule has 0 radical (unpaired) electrons. The second-order valence-corrected chi connectivity index (χ2v) is 9.99. The van der Waals surface area contributed by atoms with Crippen LogP contribution in [0.4, 0.5) is 0 Å². The number of sulfonamides is 1. The number of carbonyl (C=O) groups is 1. The maximum atomic E-state index is 13.0. The van der Waals surface area contributed by atoms with Crippen LogP contribution in [-0.2, 0) is 17.1 Å². The molecule has 1 aromatic heterocycles. The van der Waals surface area contributed by atoms with Gasteiger partial charge in [-0.25, -0.2) is 13.1 Å². The van der Waals surface area contributed by atoms with Crippen LogP contribution >= 0.6 is 0 Å². The molecule has 7 nitrogen and oxygen atoms in total. The fourth-order valence-electron chi connectivity index (χ4n) is 4.37. The summed E-state index contributed by atoms with van der Waals surface area (Å²) in [7, 11) is -1.51. The molecule has 2 saturated carbocycles. The summed E-state index contributed by atoms with van der Waals surface area (Å²) >= 11 is 0. The minimum absolute atomic E-state index is 0.0687. The average molecular weight is 381 g/mol. The average Bonchev–Trinajstić information content (AvgIpc) is 3.19. The van der Waals surface area contributed by atoms with Gasteiger partial charge >= 0.3 is 0 Å². The van der Waals surface area contributed by atoms with Crippen molar-refractivity contribution in [1.82, 2.24) is 19.4 Å². The van der Waals surface area contributed by atoms with Gasteiger partial charge < -0.3 is 4.90 Å². The predicted octanol–water partition coefficient (Wildman–Crippen LogP) is 1.76. The van der Waals surface area contributed by atoms with Crippen LogP contribution in [0.2, 0.25) is 0 Å². The van der Waals surface area contributed by atoms with Crippen LogP contribution in [0.3, 0.4) is 0 Å². The molecule has 1 aliphatic heterocycles. The van der Waals surface area contributed by atoms with Gasteiger partial charge in [-0.2, -0.15) is 5.10 Å². The van der Waals surface area contributed by atoms with Gasteiger partial charge in [0.1, 0.15) is 0 Å². The third-order valence-corrected chi connectivity index (χ3v) is 7.89. The lowest BCUT2D eigenvalue weighted by molar-refractivity contribution is 0.0725. The van der Waals surface area contributed by atoms with Gasteiger partial charge in [0, 0.05) is 32.1 Å². The van der Waals surface area contributed by atoms with E-state index >= 15 is 0 Å². The first-order valence-corrected chi connectivity index (χ1v) is 11.3. The summed E-state index contributed by atoms with van der Waals surface area (Å²) in [5.41, 5.74) is 1.65. The summed E-state index contributed by atoms with van der Waals surface area (Å²) in [6, 6.07) is 0.0749. The van der Waals surface area contributed by atoms with Crippen LogP contribution in [0.1, 0.15) is 73.3 Å². The predicted molar refractivity (Wildman–Crippen MR) is 98.4 cm³/mol. The summed E-state index contributed by atoms with van der Waals surface area (Å²) < 4.78 is 30.2. The van der Waals surface area contributed by atoms with E-state index in [-0.39, 0.29) is 18.5 Å². The van der Waals surface area contributed by atoms with E-state index in [1.165, 1.54) is 0 Å². The van der Waals surface area contributed by atoms with Crippen molar-refractivity contribution in [2.45, 2.75) is 68.6 Å². The Labute approximate surface area is 155 Å². The highest BCUT2D eigenvalue weighted by atomic mass is 32.2. The molecule has 1 saturated heterocycles. The van der Waals surface area contributed by atoms with Crippen LogP contribution in [0.25, 0.3) is 0 Å². The molecule has 1 amide bonds. The molecule has 0 unspecified atom stereocenters. The summed E-state index contributed by atoms with van der Waals surface area (Å²) in [5.74, 6) is 0.357. The maximum absolute atomic E-state index is 13.0. The lowest BCUT2D eigenvalue weighted by Crippen LogP contribution is -2.50. The number of carbonyl (C=O) groups excluding carboxylic acids is 1. The van der Waals surface area contributed by atoms with E-state index in [1.54, 1.807) is 15.8 Å². The van der Waals surface area contributed by atoms with Crippen LogP contribution in [0.5, 0.6) is 0 Å². The SMILES string of the molecule is Cn1ncc(C(=O)N2CCC[C@H](S(=O)(=O)NC3CCCC3)C2)c1C1CC1. The lowest BCUT2D eigenvalue weighted by atomic mass is 10.1. The van der Waals surface area contributed by atoms with Gasteiger partial charge in [-0.1, -0.05) is 12.8 Å². The Bertz CT molecular complexity index is 778. The molecular formula is C18H28N4O3S. The van der Waals surface area contributed by atoms with Gasteiger partial charge in [-0.3, -0.25) is 9.48 Å². The van der Waals surface area contributed by atoms with Crippen molar-refractivity contribution in [1.29, 1.82) is 0 Å². The third-order valence-electron chi connectivity index (χ3n) is 5.97. The van der Waals surface area contributed by atoms with E-state index in [4.69, 9.17) is 0 Å². The maximum Gasteiger partial charge on any atom is 0.257 e. The molecule has 0 bridgehead atoms. The molecule has 3 aliphatic rings. The molecule has 0 spiro atoms. The zero-order chi connectivity index (χ0) is 18.3. The van der Waals surface area contributed by atoms with Crippen molar-refractivity contribution in [2.75, 3.05) is 13.1 Å². The third kappa shape index (κ3) is 3.53. The minimum Gasteiger partial charge on any atom is -0.337 e. The standard InChI is InChI=1S/C18H28N4O3S/c1-21-17(13-8-9-13)16(11-19-21)18(23)22-10-4-7-15(12-22)26(24,25)20-14-5-2-3-6-14/h11,13-15,20H,2-10,12H2,1H3/t15-/m0/s1. The number of hydrogen-bond donors (Lipinski definition) is 1. The molecule has 1 aromatic rings. The summed E-state index contributed by atoms with van der Waals surface area (Å²) in [6.07, 6.45) is 9.22. The number of nitrogens with zero attached hydrogens (tertiary/aromatic N) is 3. The number of nitrogens with one attached hydrogen (secondary N) is 1. The number of amides is 1. The van der Waals surface area contributed by atoms with Gasteiger partial charge in [0.05, 0.1) is 22.7 Å². The van der Waals surface area contributed by atoms with Gasteiger partial charge in [-0.05, 0) is 38.5 Å². The van der Waals surface area contributed by atoms with E-state index in [2.05, 4.69) is 9.82 Å². The topological polar surface area (TPSA) is 84.3 Å². The van der Waals surface area contributed by atoms with E-state index < -0.39 is 15.3 Å². The van der Waals surface area contributed by atoms with Gasteiger partial charge in [0.2, 0.25) is 10.0 Å². The van der Waals surface area contributed by atoms with Crippen molar-refractivity contribution in [3.8, 4) is 0 Å². The second-order valence-electron chi connectivity index (χ2n) is 8.00. The highest BCUT2D eigenvalue weighted by Crippen LogP contribution is 2.41. The molecule has 1 atom stereocenters. The number of piperidine rings is 1. The first-order valence-electron chi connectivity index (χ1n) is 9.78. The fourth-order valence-corrected chi connectivity index (χ4v) is 6.12. The van der Waals surface area contributed by atoms with Gasteiger partial charge in [0.15, 0.2) is 0 Å². The lowest BCUT2D eigenvalue weighted by Gasteiger charge is -2.33. The highest BCUT2D eigenvalue weighted by Gasteiger charge is 2.37. The molecule has 8 heteroatoms. The molecule has 144 valence electrons. The monoisotopic (exact) mass is 380 g/mol. The quantitative estimate of drug-likeness (QED) is 0.844. The van der Waals surface area contributed by atoms with Crippen molar-refractivity contribution in [2.24, 2.45) is 7.05 Å². The van der Waals surface area contributed by atoms with Crippen LogP contribution in [0.15, 0.2) is 6.20 Å². The molecule has 26 heavy (non-hydrogen) atoms. The Kier molecular flexibility index (Phi) is 4.81.